The number of hydrogen-bond donors (Lipinski definition) is 3. The van der Waals surface area contributed by atoms with Crippen LogP contribution in [-0.2, 0) is 16.0 Å². The summed E-state index contributed by atoms with van der Waals surface area (Å²) in [6.45, 7) is 0. The van der Waals surface area contributed by atoms with Gasteiger partial charge >= 0.3 is 0 Å². The molecule has 1 aliphatic heterocycles. The molecular formula is C18H19N3O3. The lowest BCUT2D eigenvalue weighted by Gasteiger charge is -2.37. The van der Waals surface area contributed by atoms with Crippen molar-refractivity contribution < 1.29 is 14.3 Å². The van der Waals surface area contributed by atoms with Gasteiger partial charge in [-0.3, -0.25) is 9.59 Å². The molecule has 4 N–H and O–H groups in total. The van der Waals surface area contributed by atoms with Crippen LogP contribution in [0.5, 0.6) is 5.75 Å². The van der Waals surface area contributed by atoms with Gasteiger partial charge in [-0.15, -0.1) is 0 Å². The number of benzene rings is 2. The van der Waals surface area contributed by atoms with Gasteiger partial charge in [0, 0.05) is 0 Å². The van der Waals surface area contributed by atoms with Crippen molar-refractivity contribution in [2.75, 3.05) is 0 Å². The smallest absolute Gasteiger partial charge is 0.251 e. The van der Waals surface area contributed by atoms with Crippen molar-refractivity contribution >= 4 is 11.8 Å². The Balaban J connectivity index is 1.55. The molecule has 1 saturated heterocycles. The summed E-state index contributed by atoms with van der Waals surface area (Å²) in [5.74, 6) is -0.0353. The summed E-state index contributed by atoms with van der Waals surface area (Å²) in [5, 5.41) is 5.27. The fourth-order valence-corrected chi connectivity index (χ4v) is 2.46. The topological polar surface area (TPSA) is 93.5 Å². The van der Waals surface area contributed by atoms with Crippen LogP contribution in [0.4, 0.5) is 0 Å². The highest BCUT2D eigenvalue weighted by Gasteiger charge is 2.43. The maximum atomic E-state index is 12.2. The summed E-state index contributed by atoms with van der Waals surface area (Å²) in [7, 11) is 0. The van der Waals surface area contributed by atoms with E-state index < -0.39 is 18.3 Å². The number of β-lactam (4-membered cyclic amide) rings is 1. The third kappa shape index (κ3) is 3.72. The van der Waals surface area contributed by atoms with E-state index in [1.54, 1.807) is 12.1 Å². The van der Waals surface area contributed by atoms with Gasteiger partial charge in [0.1, 0.15) is 5.75 Å². The van der Waals surface area contributed by atoms with Crippen LogP contribution in [0.1, 0.15) is 5.56 Å². The second-order valence-electron chi connectivity index (χ2n) is 5.64. The van der Waals surface area contributed by atoms with E-state index >= 15 is 0 Å². The first kappa shape index (κ1) is 16.0. The number of hydrogen-bond acceptors (Lipinski definition) is 4. The number of amides is 2. The number of carbonyl (C=O) groups excluding carboxylic acids is 2. The quantitative estimate of drug-likeness (QED) is 0.677. The molecule has 2 amide bonds. The molecule has 3 atom stereocenters. The molecule has 1 fully saturated rings. The molecule has 0 saturated carbocycles. The zero-order valence-electron chi connectivity index (χ0n) is 13.0. The second-order valence-corrected chi connectivity index (χ2v) is 5.64. The third-order valence-electron chi connectivity index (χ3n) is 3.81. The summed E-state index contributed by atoms with van der Waals surface area (Å²) in [6.07, 6.45) is -0.182. The van der Waals surface area contributed by atoms with Crippen molar-refractivity contribution in [2.45, 2.75) is 24.7 Å². The van der Waals surface area contributed by atoms with Crippen molar-refractivity contribution in [1.29, 1.82) is 0 Å². The molecule has 1 aliphatic rings. The minimum absolute atomic E-state index is 0.281. The van der Waals surface area contributed by atoms with Gasteiger partial charge in [0.25, 0.3) is 5.91 Å². The Morgan fingerprint density at radius 3 is 2.38 bits per heavy atom. The molecule has 0 aromatic heterocycles. The largest absolute Gasteiger partial charge is 0.468 e. The molecule has 1 heterocycles. The Morgan fingerprint density at radius 2 is 1.75 bits per heavy atom. The van der Waals surface area contributed by atoms with Gasteiger partial charge in [-0.05, 0) is 24.1 Å². The first-order valence-corrected chi connectivity index (χ1v) is 7.75. The molecule has 0 aliphatic carbocycles. The number of carbonyl (C=O) groups is 2. The normalized spacial score (nSPS) is 20.5. The van der Waals surface area contributed by atoms with Crippen molar-refractivity contribution in [1.82, 2.24) is 10.6 Å². The standard InChI is InChI=1S/C18H19N3O3/c19-14(11-12-7-3-1-4-8-12)16(22)20-15-17(23)21-18(15)24-13-9-5-2-6-10-13/h1-10,14-15,18H,11,19H2,(H,20,22)(H,21,23)/t14-,15?,18?/m0/s1. The van der Waals surface area contributed by atoms with Crippen LogP contribution in [0.15, 0.2) is 60.7 Å². The highest BCUT2D eigenvalue weighted by Crippen LogP contribution is 2.16. The molecule has 24 heavy (non-hydrogen) atoms. The summed E-state index contributed by atoms with van der Waals surface area (Å²) >= 11 is 0. The van der Waals surface area contributed by atoms with Crippen LogP contribution in [0, 0.1) is 0 Å². The number of nitrogens with two attached hydrogens (primary N) is 1. The van der Waals surface area contributed by atoms with E-state index in [2.05, 4.69) is 10.6 Å². The Hall–Kier alpha value is -2.86. The average Bonchev–Trinajstić information content (AvgIpc) is 2.61. The Morgan fingerprint density at radius 1 is 1.12 bits per heavy atom. The molecule has 2 aromatic carbocycles. The van der Waals surface area contributed by atoms with Gasteiger partial charge in [0.15, 0.2) is 6.04 Å². The molecule has 0 bridgehead atoms. The Bertz CT molecular complexity index is 706. The van der Waals surface area contributed by atoms with Crippen LogP contribution in [0.25, 0.3) is 0 Å². The number of para-hydroxylation sites is 1. The lowest BCUT2D eigenvalue weighted by molar-refractivity contribution is -0.143. The van der Waals surface area contributed by atoms with Gasteiger partial charge in [-0.2, -0.15) is 0 Å². The van der Waals surface area contributed by atoms with E-state index in [9.17, 15) is 9.59 Å². The molecule has 0 radical (unpaired) electrons. The van der Waals surface area contributed by atoms with E-state index in [1.165, 1.54) is 0 Å². The molecular weight excluding hydrogens is 306 g/mol. The van der Waals surface area contributed by atoms with E-state index in [0.29, 0.717) is 12.2 Å². The second kappa shape index (κ2) is 7.14. The molecule has 3 rings (SSSR count). The monoisotopic (exact) mass is 325 g/mol. The third-order valence-corrected chi connectivity index (χ3v) is 3.81. The number of nitrogens with one attached hydrogen (secondary N) is 2. The lowest BCUT2D eigenvalue weighted by atomic mass is 10.0. The minimum atomic E-state index is -0.737. The fourth-order valence-electron chi connectivity index (χ4n) is 2.46. The predicted octanol–water partition coefficient (Wildman–Crippen LogP) is 0.576. The van der Waals surface area contributed by atoms with Crippen LogP contribution >= 0.6 is 0 Å². The SMILES string of the molecule is N[C@@H](Cc1ccccc1)C(=O)NC1C(=O)NC1Oc1ccccc1. The summed E-state index contributed by atoms with van der Waals surface area (Å²) in [6, 6.07) is 17.1. The zero-order valence-corrected chi connectivity index (χ0v) is 13.0. The summed E-state index contributed by atoms with van der Waals surface area (Å²) in [4.78, 5) is 23.9. The minimum Gasteiger partial charge on any atom is -0.468 e. The highest BCUT2D eigenvalue weighted by atomic mass is 16.5. The number of rotatable bonds is 6. The summed E-state index contributed by atoms with van der Waals surface area (Å²) < 4.78 is 5.64. The van der Waals surface area contributed by atoms with Crippen LogP contribution in [-0.4, -0.2) is 30.1 Å². The first-order valence-electron chi connectivity index (χ1n) is 7.75. The van der Waals surface area contributed by atoms with Crippen LogP contribution in [0.3, 0.4) is 0 Å². The van der Waals surface area contributed by atoms with Gasteiger partial charge in [-0.25, -0.2) is 0 Å². The summed E-state index contributed by atoms with van der Waals surface area (Å²) in [5.41, 5.74) is 6.90. The predicted molar refractivity (Wildman–Crippen MR) is 89.1 cm³/mol. The van der Waals surface area contributed by atoms with Crippen molar-refractivity contribution in [3.8, 4) is 5.75 Å². The Kier molecular flexibility index (Phi) is 4.77. The molecule has 124 valence electrons. The molecule has 6 heteroatoms. The van der Waals surface area contributed by atoms with E-state index in [0.717, 1.165) is 5.56 Å². The Labute approximate surface area is 140 Å². The van der Waals surface area contributed by atoms with E-state index in [1.807, 2.05) is 48.5 Å². The van der Waals surface area contributed by atoms with Crippen LogP contribution in [0.2, 0.25) is 0 Å². The van der Waals surface area contributed by atoms with Gasteiger partial charge in [-0.1, -0.05) is 48.5 Å². The van der Waals surface area contributed by atoms with E-state index in [4.69, 9.17) is 10.5 Å². The van der Waals surface area contributed by atoms with Crippen molar-refractivity contribution in [3.63, 3.8) is 0 Å². The van der Waals surface area contributed by atoms with Gasteiger partial charge in [0.2, 0.25) is 12.1 Å². The van der Waals surface area contributed by atoms with Gasteiger partial charge in [0.05, 0.1) is 6.04 Å². The number of ether oxygens (including phenoxy) is 1. The average molecular weight is 325 g/mol. The van der Waals surface area contributed by atoms with Crippen LogP contribution < -0.4 is 21.1 Å². The molecule has 2 aromatic rings. The maximum Gasteiger partial charge on any atom is 0.251 e. The van der Waals surface area contributed by atoms with E-state index in [-0.39, 0.29) is 11.8 Å². The highest BCUT2D eigenvalue weighted by molar-refractivity contribution is 5.94. The molecule has 2 unspecified atom stereocenters. The zero-order chi connectivity index (χ0) is 16.9. The lowest BCUT2D eigenvalue weighted by Crippen LogP contribution is -2.72. The maximum absolute atomic E-state index is 12.2. The van der Waals surface area contributed by atoms with Gasteiger partial charge < -0.3 is 21.1 Å². The van der Waals surface area contributed by atoms with Crippen molar-refractivity contribution in [3.05, 3.63) is 66.2 Å². The molecule has 0 spiro atoms. The fraction of sp³-hybridized carbons (Fsp3) is 0.222. The first-order chi connectivity index (χ1) is 11.6. The molecule has 6 nitrogen and oxygen atoms in total. The van der Waals surface area contributed by atoms with Crippen molar-refractivity contribution in [2.24, 2.45) is 5.73 Å².